The van der Waals surface area contributed by atoms with Crippen LogP contribution in [-0.4, -0.2) is 96.7 Å². The minimum Gasteiger partial charge on any atom is -0.495 e. The molecule has 2 saturated carbocycles. The number of thiazole rings is 1. The number of methoxy groups -OCH3 is 2. The molecule has 2 aromatic rings. The summed E-state index contributed by atoms with van der Waals surface area (Å²) in [6, 6.07) is 3.94. The van der Waals surface area contributed by atoms with E-state index >= 15 is 0 Å². The van der Waals surface area contributed by atoms with Crippen LogP contribution in [0.15, 0.2) is 28.6 Å². The highest BCUT2D eigenvalue weighted by Gasteiger charge is 2.28. The summed E-state index contributed by atoms with van der Waals surface area (Å²) in [6.07, 6.45) is 8.23. The van der Waals surface area contributed by atoms with E-state index < -0.39 is 22.1 Å². The largest absolute Gasteiger partial charge is 0.516 e. The lowest BCUT2D eigenvalue weighted by atomic mass is 9.83. The molecule has 0 unspecified atom stereocenters. The molecule has 2 aliphatic carbocycles. The Hall–Kier alpha value is -3.63. The first-order valence-corrected chi connectivity index (χ1v) is 19.2. The zero-order valence-electron chi connectivity index (χ0n) is 28.1. The van der Waals surface area contributed by atoms with Crippen molar-refractivity contribution in [2.75, 3.05) is 69.8 Å². The molecule has 0 spiro atoms. The van der Waals surface area contributed by atoms with Crippen molar-refractivity contribution in [1.82, 2.24) is 9.88 Å². The molecule has 1 aromatic carbocycles. The van der Waals surface area contributed by atoms with Crippen LogP contribution in [0.3, 0.4) is 0 Å². The van der Waals surface area contributed by atoms with Gasteiger partial charge in [0.25, 0.3) is 10.0 Å². The Labute approximate surface area is 291 Å². The molecule has 270 valence electrons. The number of rotatable bonds is 12. The van der Waals surface area contributed by atoms with Gasteiger partial charge < -0.3 is 33.5 Å². The van der Waals surface area contributed by atoms with Gasteiger partial charge in [-0.15, -0.1) is 11.3 Å². The van der Waals surface area contributed by atoms with Crippen LogP contribution >= 0.6 is 11.3 Å². The average molecular weight is 723 g/mol. The van der Waals surface area contributed by atoms with E-state index in [-0.39, 0.29) is 40.6 Å². The fraction of sp³-hybridized carbons (Fsp3) is 0.636. The maximum atomic E-state index is 13.3. The first-order valence-electron chi connectivity index (χ1n) is 16.9. The van der Waals surface area contributed by atoms with Crippen LogP contribution in [-0.2, 0) is 29.0 Å². The van der Waals surface area contributed by atoms with Crippen molar-refractivity contribution in [3.63, 3.8) is 0 Å². The van der Waals surface area contributed by atoms with Crippen LogP contribution in [0, 0.1) is 17.8 Å². The third-order valence-electron chi connectivity index (χ3n) is 9.39. The fourth-order valence-electron chi connectivity index (χ4n) is 6.48. The molecule has 2 heterocycles. The van der Waals surface area contributed by atoms with Crippen molar-refractivity contribution in [1.29, 1.82) is 0 Å². The molecule has 0 atom stereocenters. The Balaban J connectivity index is 1.09. The molecule has 1 aromatic heterocycles. The third-order valence-corrected chi connectivity index (χ3v) is 11.7. The number of sulfonamides is 1. The number of nitrogens with zero attached hydrogens (tertiary/aromatic N) is 3. The summed E-state index contributed by atoms with van der Waals surface area (Å²) in [5, 5.41) is 1.78. The molecular weight excluding hydrogens is 677 g/mol. The van der Waals surface area contributed by atoms with Gasteiger partial charge in [0.05, 0.1) is 31.6 Å². The highest BCUT2D eigenvalue weighted by Crippen LogP contribution is 2.32. The number of esters is 1. The predicted octanol–water partition coefficient (Wildman–Crippen LogP) is 5.54. The molecule has 49 heavy (non-hydrogen) atoms. The Morgan fingerprint density at radius 3 is 2.20 bits per heavy atom. The van der Waals surface area contributed by atoms with Gasteiger partial charge in [0.2, 0.25) is 0 Å². The Morgan fingerprint density at radius 1 is 0.878 bits per heavy atom. The monoisotopic (exact) mass is 722 g/mol. The highest BCUT2D eigenvalue weighted by atomic mass is 32.2. The molecule has 1 amide bonds. The van der Waals surface area contributed by atoms with Crippen molar-refractivity contribution >= 4 is 50.4 Å². The summed E-state index contributed by atoms with van der Waals surface area (Å²) in [4.78, 5) is 45.4. The van der Waals surface area contributed by atoms with Crippen molar-refractivity contribution in [3.8, 4) is 5.75 Å². The van der Waals surface area contributed by atoms with Gasteiger partial charge in [-0.25, -0.2) is 19.4 Å². The van der Waals surface area contributed by atoms with Gasteiger partial charge in [0, 0.05) is 45.3 Å². The van der Waals surface area contributed by atoms with E-state index in [1.807, 2.05) is 4.90 Å². The summed E-state index contributed by atoms with van der Waals surface area (Å²) in [5.74, 6) is 0.246. The number of carbonyl (C=O) groups excluding carboxylic acids is 3. The van der Waals surface area contributed by atoms with E-state index in [4.69, 9.17) is 23.7 Å². The second-order valence-electron chi connectivity index (χ2n) is 12.8. The fourth-order valence-corrected chi connectivity index (χ4v) is 8.70. The number of ether oxygens (including phenoxy) is 5. The predicted molar refractivity (Wildman–Crippen MR) is 182 cm³/mol. The van der Waals surface area contributed by atoms with Crippen molar-refractivity contribution < 1.29 is 46.5 Å². The molecule has 0 bridgehead atoms. The number of aromatic nitrogens is 1. The number of amides is 1. The molecule has 1 aliphatic heterocycles. The third kappa shape index (κ3) is 10.2. The Bertz CT molecular complexity index is 1530. The van der Waals surface area contributed by atoms with E-state index in [0.29, 0.717) is 49.8 Å². The normalized spacial score (nSPS) is 20.4. The first-order chi connectivity index (χ1) is 23.6. The number of hydrogen-bond donors (Lipinski definition) is 1. The summed E-state index contributed by atoms with van der Waals surface area (Å²) < 4.78 is 55.1. The van der Waals surface area contributed by atoms with Gasteiger partial charge in [-0.1, -0.05) is 19.3 Å². The lowest BCUT2D eigenvalue weighted by Crippen LogP contribution is -2.49. The lowest BCUT2D eigenvalue weighted by molar-refractivity contribution is 0.0281. The minimum absolute atomic E-state index is 0.0234. The van der Waals surface area contributed by atoms with Crippen LogP contribution in [0.5, 0.6) is 5.75 Å². The maximum Gasteiger partial charge on any atom is 0.516 e. The van der Waals surface area contributed by atoms with E-state index in [9.17, 15) is 22.8 Å². The summed E-state index contributed by atoms with van der Waals surface area (Å²) in [5.41, 5.74) is 0.0467. The molecule has 16 heteroatoms. The molecular formula is C33H46N4O10S2. The van der Waals surface area contributed by atoms with Crippen LogP contribution in [0.4, 0.5) is 20.4 Å². The number of piperazine rings is 1. The van der Waals surface area contributed by atoms with Gasteiger partial charge in [0.15, 0.2) is 10.2 Å². The van der Waals surface area contributed by atoms with Crippen molar-refractivity contribution in [2.45, 2.75) is 62.8 Å². The minimum atomic E-state index is -4.12. The van der Waals surface area contributed by atoms with E-state index in [1.165, 1.54) is 61.3 Å². The number of anilines is 2. The van der Waals surface area contributed by atoms with Gasteiger partial charge in [-0.2, -0.15) is 8.42 Å². The number of hydrogen-bond acceptors (Lipinski definition) is 13. The van der Waals surface area contributed by atoms with Crippen LogP contribution in [0.2, 0.25) is 0 Å². The Kier molecular flexibility index (Phi) is 13.0. The molecule has 0 radical (unpaired) electrons. The highest BCUT2D eigenvalue weighted by molar-refractivity contribution is 7.92. The average Bonchev–Trinajstić information content (AvgIpc) is 3.63. The maximum absolute atomic E-state index is 13.3. The molecule has 3 fully saturated rings. The zero-order chi connectivity index (χ0) is 34.8. The van der Waals surface area contributed by atoms with Gasteiger partial charge in [0.1, 0.15) is 5.75 Å². The smallest absolute Gasteiger partial charge is 0.495 e. The molecule has 5 rings (SSSR count). The topological polar surface area (TPSA) is 163 Å². The molecule has 14 nitrogen and oxygen atoms in total. The SMILES string of the molecule is COCC1CCC(COC(=O)OC(=O)c2ccc(NS(=O)(=O)c3csc(N4CCN(C(=O)OCC5CCCCC5)CC4)n3)c(OC)c2)CC1. The molecule has 1 saturated heterocycles. The molecule has 1 N–H and O–H groups in total. The summed E-state index contributed by atoms with van der Waals surface area (Å²) in [7, 11) is -1.11. The van der Waals surface area contributed by atoms with E-state index in [2.05, 4.69) is 9.71 Å². The number of carbonyl (C=O) groups is 3. The second-order valence-corrected chi connectivity index (χ2v) is 15.3. The van der Waals surface area contributed by atoms with Crippen molar-refractivity contribution in [3.05, 3.63) is 29.1 Å². The van der Waals surface area contributed by atoms with Crippen LogP contribution < -0.4 is 14.4 Å². The van der Waals surface area contributed by atoms with Gasteiger partial charge in [-0.05, 0) is 74.5 Å². The standard InChI is InChI=1S/C33H46N4O10S2/c1-43-19-24-8-10-25(11-9-24)21-46-33(40)47-30(38)26-12-13-27(28(18-26)44-2)35-49(41,42)29-22-48-31(34-29)36-14-16-37(17-15-36)32(39)45-20-23-6-4-3-5-7-23/h12-13,18,22-25,35H,3-11,14-17,19-21H2,1-2H3. The summed E-state index contributed by atoms with van der Waals surface area (Å²) >= 11 is 1.19. The summed E-state index contributed by atoms with van der Waals surface area (Å²) in [6.45, 7) is 3.23. The van der Waals surface area contributed by atoms with Gasteiger partial charge in [-0.3, -0.25) is 4.72 Å². The van der Waals surface area contributed by atoms with Crippen molar-refractivity contribution in [2.24, 2.45) is 17.8 Å². The first kappa shape index (κ1) is 36.6. The van der Waals surface area contributed by atoms with E-state index in [0.717, 1.165) is 45.1 Å². The number of nitrogens with one attached hydrogen (secondary N) is 1. The molecule has 3 aliphatic rings. The second kappa shape index (κ2) is 17.3. The van der Waals surface area contributed by atoms with E-state index in [1.54, 1.807) is 12.0 Å². The van der Waals surface area contributed by atoms with Gasteiger partial charge >= 0.3 is 18.2 Å². The van der Waals surface area contributed by atoms with Crippen LogP contribution in [0.25, 0.3) is 0 Å². The number of benzene rings is 1. The Morgan fingerprint density at radius 2 is 1.53 bits per heavy atom. The van der Waals surface area contributed by atoms with Crippen LogP contribution in [0.1, 0.15) is 68.1 Å². The zero-order valence-corrected chi connectivity index (χ0v) is 29.7. The lowest BCUT2D eigenvalue weighted by Gasteiger charge is -2.34. The quantitative estimate of drug-likeness (QED) is 0.215.